The predicted molar refractivity (Wildman–Crippen MR) is 64.9 cm³/mol. The van der Waals surface area contributed by atoms with Crippen molar-refractivity contribution in [3.05, 3.63) is 36.5 Å². The molecule has 1 heterocycles. The number of nitrogens with zero attached hydrogens (tertiary/aromatic N) is 1. The first kappa shape index (κ1) is 11.1. The first-order valence-electron chi connectivity index (χ1n) is 5.18. The van der Waals surface area contributed by atoms with Gasteiger partial charge in [0.2, 0.25) is 5.88 Å². The van der Waals surface area contributed by atoms with E-state index in [0.717, 1.165) is 10.8 Å². The zero-order valence-electron chi connectivity index (χ0n) is 9.31. The Morgan fingerprint density at radius 2 is 2.00 bits per heavy atom. The summed E-state index contributed by atoms with van der Waals surface area (Å²) < 4.78 is 5.62. The summed E-state index contributed by atoms with van der Waals surface area (Å²) in [6, 6.07) is 10.2. The first-order chi connectivity index (χ1) is 7.75. The van der Waals surface area contributed by atoms with Crippen molar-refractivity contribution < 1.29 is 4.74 Å². The third kappa shape index (κ3) is 2.79. The average molecular weight is 234 g/mol. The Bertz CT molecular complexity index is 439. The van der Waals surface area contributed by atoms with Gasteiger partial charge in [0, 0.05) is 4.90 Å². The topological polar surface area (TPSA) is 37.9 Å². The van der Waals surface area contributed by atoms with Crippen LogP contribution in [0.15, 0.2) is 46.3 Å². The minimum absolute atomic E-state index is 0.149. The lowest BCUT2D eigenvalue weighted by molar-refractivity contribution is 0.227. The van der Waals surface area contributed by atoms with E-state index in [2.05, 4.69) is 22.3 Å². The standard InChI is InChI=1S/C12H14N2OS/c1-9(2)15-12-11(8-13-14-12)16-10-6-4-3-5-7-10/h3-9H,1-2H3,(H,13,14). The molecule has 0 atom stereocenters. The Labute approximate surface area is 99.2 Å². The molecule has 0 unspecified atom stereocenters. The first-order valence-corrected chi connectivity index (χ1v) is 6.00. The van der Waals surface area contributed by atoms with Crippen molar-refractivity contribution >= 4 is 11.8 Å². The lowest BCUT2D eigenvalue weighted by Crippen LogP contribution is -2.06. The molecule has 0 saturated heterocycles. The maximum absolute atomic E-state index is 5.62. The van der Waals surface area contributed by atoms with Gasteiger partial charge >= 0.3 is 0 Å². The Morgan fingerprint density at radius 1 is 1.25 bits per heavy atom. The normalized spacial score (nSPS) is 10.7. The van der Waals surface area contributed by atoms with E-state index in [0.29, 0.717) is 0 Å². The van der Waals surface area contributed by atoms with Crippen LogP contribution >= 0.6 is 11.8 Å². The lowest BCUT2D eigenvalue weighted by atomic mass is 10.4. The van der Waals surface area contributed by atoms with Crippen molar-refractivity contribution in [2.75, 3.05) is 0 Å². The second-order valence-corrected chi connectivity index (χ2v) is 4.76. The molecule has 0 radical (unpaired) electrons. The molecule has 84 valence electrons. The molecule has 16 heavy (non-hydrogen) atoms. The van der Waals surface area contributed by atoms with Crippen LogP contribution < -0.4 is 4.74 Å². The van der Waals surface area contributed by atoms with Gasteiger partial charge in [-0.25, -0.2) is 5.10 Å². The third-order valence-corrected chi connectivity index (χ3v) is 2.91. The van der Waals surface area contributed by atoms with Gasteiger partial charge in [-0.15, -0.1) is 0 Å². The monoisotopic (exact) mass is 234 g/mol. The van der Waals surface area contributed by atoms with E-state index < -0.39 is 0 Å². The smallest absolute Gasteiger partial charge is 0.223 e. The van der Waals surface area contributed by atoms with Gasteiger partial charge in [-0.2, -0.15) is 5.10 Å². The molecule has 0 saturated carbocycles. The van der Waals surface area contributed by atoms with Crippen LogP contribution in [0.3, 0.4) is 0 Å². The molecular weight excluding hydrogens is 220 g/mol. The van der Waals surface area contributed by atoms with Crippen LogP contribution in [0.1, 0.15) is 13.8 Å². The molecule has 1 aromatic heterocycles. The molecule has 4 heteroatoms. The van der Waals surface area contributed by atoms with Gasteiger partial charge in [0.05, 0.1) is 17.2 Å². The number of aromatic amines is 1. The fraction of sp³-hybridized carbons (Fsp3) is 0.250. The maximum atomic E-state index is 5.62. The minimum atomic E-state index is 0.149. The molecule has 0 bridgehead atoms. The number of hydrogen-bond donors (Lipinski definition) is 1. The molecule has 2 rings (SSSR count). The summed E-state index contributed by atoms with van der Waals surface area (Å²) in [5.74, 6) is 0.740. The van der Waals surface area contributed by atoms with E-state index in [-0.39, 0.29) is 6.10 Å². The van der Waals surface area contributed by atoms with Gasteiger partial charge in [-0.05, 0) is 26.0 Å². The van der Waals surface area contributed by atoms with Crippen LogP contribution in [0.2, 0.25) is 0 Å². The van der Waals surface area contributed by atoms with Crippen molar-refractivity contribution in [1.82, 2.24) is 10.2 Å². The average Bonchev–Trinajstić information content (AvgIpc) is 2.66. The second-order valence-electron chi connectivity index (χ2n) is 3.65. The zero-order valence-corrected chi connectivity index (χ0v) is 10.1. The molecule has 2 aromatic rings. The molecule has 0 fully saturated rings. The number of nitrogens with one attached hydrogen (secondary N) is 1. The van der Waals surface area contributed by atoms with E-state index in [1.807, 2.05) is 32.0 Å². The van der Waals surface area contributed by atoms with Crippen LogP contribution in [0.25, 0.3) is 0 Å². The van der Waals surface area contributed by atoms with Crippen LogP contribution in [0.5, 0.6) is 5.88 Å². The summed E-state index contributed by atoms with van der Waals surface area (Å²) in [5.41, 5.74) is 0. The Balaban J connectivity index is 2.13. The molecular formula is C12H14N2OS. The highest BCUT2D eigenvalue weighted by atomic mass is 32.2. The van der Waals surface area contributed by atoms with Crippen LogP contribution in [-0.2, 0) is 0 Å². The number of benzene rings is 1. The molecule has 0 aliphatic carbocycles. The summed E-state index contributed by atoms with van der Waals surface area (Å²) in [6.07, 6.45) is 1.94. The predicted octanol–water partition coefficient (Wildman–Crippen LogP) is 3.35. The SMILES string of the molecule is CC(C)Oc1[nH]ncc1Sc1ccccc1. The lowest BCUT2D eigenvalue weighted by Gasteiger charge is -2.08. The zero-order chi connectivity index (χ0) is 11.4. The highest BCUT2D eigenvalue weighted by molar-refractivity contribution is 7.99. The Morgan fingerprint density at radius 3 is 2.69 bits per heavy atom. The molecule has 0 aliphatic rings. The fourth-order valence-electron chi connectivity index (χ4n) is 1.27. The molecule has 0 amide bonds. The number of rotatable bonds is 4. The van der Waals surface area contributed by atoms with Gasteiger partial charge in [-0.3, -0.25) is 0 Å². The summed E-state index contributed by atoms with van der Waals surface area (Å²) in [7, 11) is 0. The van der Waals surface area contributed by atoms with Crippen molar-refractivity contribution in [2.45, 2.75) is 29.7 Å². The Hall–Kier alpha value is -1.42. The molecule has 3 nitrogen and oxygen atoms in total. The third-order valence-electron chi connectivity index (χ3n) is 1.90. The van der Waals surface area contributed by atoms with Crippen LogP contribution in [0.4, 0.5) is 0 Å². The largest absolute Gasteiger partial charge is 0.474 e. The van der Waals surface area contributed by atoms with Crippen LogP contribution in [-0.4, -0.2) is 16.3 Å². The van der Waals surface area contributed by atoms with Crippen LogP contribution in [0, 0.1) is 0 Å². The van der Waals surface area contributed by atoms with E-state index >= 15 is 0 Å². The van der Waals surface area contributed by atoms with Crippen molar-refractivity contribution in [3.63, 3.8) is 0 Å². The van der Waals surface area contributed by atoms with E-state index in [1.54, 1.807) is 18.0 Å². The molecule has 1 aromatic carbocycles. The summed E-state index contributed by atoms with van der Waals surface area (Å²) in [5, 5.41) is 6.86. The Kier molecular flexibility index (Phi) is 3.51. The van der Waals surface area contributed by atoms with Crippen molar-refractivity contribution in [1.29, 1.82) is 0 Å². The van der Waals surface area contributed by atoms with E-state index in [1.165, 1.54) is 4.90 Å². The highest BCUT2D eigenvalue weighted by Crippen LogP contribution is 2.33. The van der Waals surface area contributed by atoms with Gasteiger partial charge < -0.3 is 4.74 Å². The van der Waals surface area contributed by atoms with Crippen molar-refractivity contribution in [2.24, 2.45) is 0 Å². The van der Waals surface area contributed by atoms with Gasteiger partial charge in [-0.1, -0.05) is 30.0 Å². The number of H-pyrrole nitrogens is 1. The second kappa shape index (κ2) is 5.07. The summed E-state index contributed by atoms with van der Waals surface area (Å²) in [6.45, 7) is 4.00. The molecule has 0 aliphatic heterocycles. The minimum Gasteiger partial charge on any atom is -0.474 e. The highest BCUT2D eigenvalue weighted by Gasteiger charge is 2.09. The maximum Gasteiger partial charge on any atom is 0.223 e. The van der Waals surface area contributed by atoms with E-state index in [9.17, 15) is 0 Å². The van der Waals surface area contributed by atoms with Gasteiger partial charge in [0.15, 0.2) is 0 Å². The molecule has 0 spiro atoms. The summed E-state index contributed by atoms with van der Waals surface area (Å²) >= 11 is 1.64. The molecule has 1 N–H and O–H groups in total. The van der Waals surface area contributed by atoms with Gasteiger partial charge in [0.1, 0.15) is 0 Å². The number of aromatic nitrogens is 2. The van der Waals surface area contributed by atoms with E-state index in [4.69, 9.17) is 4.74 Å². The quantitative estimate of drug-likeness (QED) is 0.881. The van der Waals surface area contributed by atoms with Crippen molar-refractivity contribution in [3.8, 4) is 5.88 Å². The number of ether oxygens (including phenoxy) is 1. The summed E-state index contributed by atoms with van der Waals surface area (Å²) in [4.78, 5) is 2.19. The number of hydrogen-bond acceptors (Lipinski definition) is 3. The fourth-order valence-corrected chi connectivity index (χ4v) is 2.11. The van der Waals surface area contributed by atoms with Gasteiger partial charge in [0.25, 0.3) is 0 Å².